The van der Waals surface area contributed by atoms with E-state index in [1.54, 1.807) is 34.6 Å². The van der Waals surface area contributed by atoms with Gasteiger partial charge in [-0.2, -0.15) is 0 Å². The minimum Gasteiger partial charge on any atom is -0.458 e. The molecule has 0 unspecified atom stereocenters. The fourth-order valence-corrected chi connectivity index (χ4v) is 3.10. The maximum atomic E-state index is 13.1. The van der Waals surface area contributed by atoms with Crippen LogP contribution in [-0.2, 0) is 32.1 Å². The highest BCUT2D eigenvalue weighted by atomic mass is 16.6. The minimum atomic E-state index is -0.900. The molecule has 2 amide bonds. The lowest BCUT2D eigenvalue weighted by Crippen LogP contribution is -2.55. The van der Waals surface area contributed by atoms with Crippen LogP contribution in [-0.4, -0.2) is 35.7 Å². The van der Waals surface area contributed by atoms with Gasteiger partial charge in [0.05, 0.1) is 0 Å². The number of amides is 2. The average molecular weight is 455 g/mol. The number of rotatable bonds is 9. The first-order chi connectivity index (χ1) is 15.5. The third-order valence-corrected chi connectivity index (χ3v) is 4.73. The minimum absolute atomic E-state index is 0.0909. The van der Waals surface area contributed by atoms with Crippen molar-refractivity contribution in [2.75, 3.05) is 0 Å². The number of hydrogen-bond acceptors (Lipinski definition) is 5. The molecule has 7 heteroatoms. The Balaban J connectivity index is 2.07. The molecule has 0 aliphatic rings. The fraction of sp³-hybridized carbons (Fsp3) is 0.423. The normalized spacial score (nSPS) is 13.0. The number of nitrogens with one attached hydrogen (secondary N) is 2. The fourth-order valence-electron chi connectivity index (χ4n) is 3.10. The lowest BCUT2D eigenvalue weighted by atomic mass is 10.0. The number of alkyl carbamates (subject to hydrolysis) is 1. The van der Waals surface area contributed by atoms with E-state index in [4.69, 9.17) is 9.47 Å². The highest BCUT2D eigenvalue weighted by molar-refractivity contribution is 5.90. The van der Waals surface area contributed by atoms with Gasteiger partial charge >= 0.3 is 12.1 Å². The quantitative estimate of drug-likeness (QED) is 0.559. The summed E-state index contributed by atoms with van der Waals surface area (Å²) < 4.78 is 10.8. The van der Waals surface area contributed by atoms with E-state index in [0.29, 0.717) is 0 Å². The lowest BCUT2D eigenvalue weighted by Gasteiger charge is -2.27. The van der Waals surface area contributed by atoms with Crippen molar-refractivity contribution in [3.05, 3.63) is 71.8 Å². The molecule has 0 saturated heterocycles. The number of carbonyl (C=O) groups excluding carboxylic acids is 3. The van der Waals surface area contributed by atoms with E-state index in [0.717, 1.165) is 11.1 Å². The number of hydrogen-bond donors (Lipinski definition) is 2. The van der Waals surface area contributed by atoms with E-state index in [9.17, 15) is 14.4 Å². The van der Waals surface area contributed by atoms with E-state index < -0.39 is 35.7 Å². The molecule has 2 aromatic rings. The van der Waals surface area contributed by atoms with Crippen LogP contribution in [0, 0.1) is 5.92 Å². The van der Waals surface area contributed by atoms with Crippen LogP contribution in [0.2, 0.25) is 0 Å². The second kappa shape index (κ2) is 12.0. The van der Waals surface area contributed by atoms with Crippen LogP contribution < -0.4 is 10.6 Å². The summed E-state index contributed by atoms with van der Waals surface area (Å²) in [6, 6.07) is 16.8. The molecule has 2 atom stereocenters. The number of benzene rings is 2. The van der Waals surface area contributed by atoms with Crippen LogP contribution in [0.15, 0.2) is 60.7 Å². The maximum absolute atomic E-state index is 13.1. The van der Waals surface area contributed by atoms with Gasteiger partial charge in [0.25, 0.3) is 0 Å². The molecular weight excluding hydrogens is 420 g/mol. The van der Waals surface area contributed by atoms with Gasteiger partial charge in [-0.25, -0.2) is 9.59 Å². The predicted molar refractivity (Wildman–Crippen MR) is 126 cm³/mol. The van der Waals surface area contributed by atoms with E-state index in [1.807, 2.05) is 60.7 Å². The van der Waals surface area contributed by atoms with Crippen molar-refractivity contribution in [2.45, 2.75) is 65.3 Å². The molecule has 2 aromatic carbocycles. The van der Waals surface area contributed by atoms with Gasteiger partial charge in [-0.05, 0) is 37.8 Å². The number of ether oxygens (including phenoxy) is 2. The zero-order chi connectivity index (χ0) is 24.4. The van der Waals surface area contributed by atoms with Gasteiger partial charge in [-0.15, -0.1) is 0 Å². The van der Waals surface area contributed by atoms with Gasteiger partial charge < -0.3 is 20.1 Å². The average Bonchev–Trinajstić information content (AvgIpc) is 2.75. The Hall–Kier alpha value is -3.35. The van der Waals surface area contributed by atoms with Crippen LogP contribution >= 0.6 is 0 Å². The highest BCUT2D eigenvalue weighted by Gasteiger charge is 2.31. The van der Waals surface area contributed by atoms with E-state index in [-0.39, 0.29) is 18.9 Å². The van der Waals surface area contributed by atoms with Crippen LogP contribution in [0.25, 0.3) is 0 Å². The molecule has 0 spiro atoms. The van der Waals surface area contributed by atoms with E-state index in [2.05, 4.69) is 10.6 Å². The summed E-state index contributed by atoms with van der Waals surface area (Å²) in [6.45, 7) is 9.02. The van der Waals surface area contributed by atoms with Crippen LogP contribution in [0.3, 0.4) is 0 Å². The molecule has 0 heterocycles. The summed E-state index contributed by atoms with van der Waals surface area (Å²) in [6.07, 6.45) is -0.435. The molecule has 0 aromatic heterocycles. The SMILES string of the molecule is CC(C)[C@H](NC(=O)OCc1ccccc1)C(=O)N[C@H](Cc1ccccc1)C(=O)OC(C)(C)C. The van der Waals surface area contributed by atoms with Crippen LogP contribution in [0.5, 0.6) is 0 Å². The Bertz CT molecular complexity index is 907. The van der Waals surface area contributed by atoms with Crippen LogP contribution in [0.1, 0.15) is 45.7 Å². The molecule has 33 heavy (non-hydrogen) atoms. The molecule has 0 fully saturated rings. The summed E-state index contributed by atoms with van der Waals surface area (Å²) in [7, 11) is 0. The van der Waals surface area contributed by atoms with Crippen molar-refractivity contribution in [1.29, 1.82) is 0 Å². The summed E-state index contributed by atoms with van der Waals surface area (Å²) in [5, 5.41) is 5.38. The number of carbonyl (C=O) groups is 3. The van der Waals surface area contributed by atoms with Gasteiger partial charge in [0.2, 0.25) is 5.91 Å². The molecule has 0 radical (unpaired) electrons. The Morgan fingerprint density at radius 2 is 1.39 bits per heavy atom. The summed E-state index contributed by atoms with van der Waals surface area (Å²) in [4.78, 5) is 38.2. The zero-order valence-corrected chi connectivity index (χ0v) is 20.0. The first kappa shape index (κ1) is 25.9. The van der Waals surface area contributed by atoms with Crippen molar-refractivity contribution >= 4 is 18.0 Å². The van der Waals surface area contributed by atoms with Gasteiger partial charge in [0.15, 0.2) is 0 Å². The first-order valence-electron chi connectivity index (χ1n) is 11.1. The molecule has 0 aliphatic heterocycles. The summed E-state index contributed by atoms with van der Waals surface area (Å²) >= 11 is 0. The number of esters is 1. The largest absolute Gasteiger partial charge is 0.458 e. The predicted octanol–water partition coefficient (Wildman–Crippen LogP) is 4.01. The monoisotopic (exact) mass is 454 g/mol. The molecule has 2 rings (SSSR count). The second-order valence-electron chi connectivity index (χ2n) is 9.21. The van der Waals surface area contributed by atoms with E-state index in [1.165, 1.54) is 0 Å². The van der Waals surface area contributed by atoms with Crippen molar-refractivity contribution in [3.63, 3.8) is 0 Å². The maximum Gasteiger partial charge on any atom is 0.408 e. The van der Waals surface area contributed by atoms with Crippen molar-refractivity contribution in [2.24, 2.45) is 5.92 Å². The molecule has 178 valence electrons. The Morgan fingerprint density at radius 3 is 1.91 bits per heavy atom. The first-order valence-corrected chi connectivity index (χ1v) is 11.1. The standard InChI is InChI=1S/C26H34N2O5/c1-18(2)22(28-25(31)32-17-20-14-10-7-11-15-20)23(29)27-21(24(30)33-26(3,4)5)16-19-12-8-6-9-13-19/h6-15,18,21-22H,16-17H2,1-5H3,(H,27,29)(H,28,31)/t21-,22+/m1/s1. The van der Waals surface area contributed by atoms with Crippen molar-refractivity contribution in [1.82, 2.24) is 10.6 Å². The molecule has 2 N–H and O–H groups in total. The van der Waals surface area contributed by atoms with E-state index >= 15 is 0 Å². The molecule has 7 nitrogen and oxygen atoms in total. The van der Waals surface area contributed by atoms with Gasteiger partial charge in [-0.1, -0.05) is 74.5 Å². The second-order valence-corrected chi connectivity index (χ2v) is 9.21. The summed E-state index contributed by atoms with van der Waals surface area (Å²) in [5.74, 6) is -1.24. The Labute approximate surface area is 195 Å². The Kier molecular flexibility index (Phi) is 9.45. The highest BCUT2D eigenvalue weighted by Crippen LogP contribution is 2.13. The molecule has 0 bridgehead atoms. The molecular formula is C26H34N2O5. The third kappa shape index (κ3) is 9.35. The van der Waals surface area contributed by atoms with Gasteiger partial charge in [0.1, 0.15) is 24.3 Å². The van der Waals surface area contributed by atoms with Crippen molar-refractivity contribution in [3.8, 4) is 0 Å². The molecule has 0 aliphatic carbocycles. The molecule has 0 saturated carbocycles. The third-order valence-electron chi connectivity index (χ3n) is 4.73. The topological polar surface area (TPSA) is 93.7 Å². The van der Waals surface area contributed by atoms with Gasteiger partial charge in [-0.3, -0.25) is 4.79 Å². The smallest absolute Gasteiger partial charge is 0.408 e. The van der Waals surface area contributed by atoms with Crippen molar-refractivity contribution < 1.29 is 23.9 Å². The Morgan fingerprint density at radius 1 is 0.848 bits per heavy atom. The van der Waals surface area contributed by atoms with Crippen LogP contribution in [0.4, 0.5) is 4.79 Å². The van der Waals surface area contributed by atoms with Gasteiger partial charge in [0, 0.05) is 6.42 Å². The lowest BCUT2D eigenvalue weighted by molar-refractivity contribution is -0.158. The zero-order valence-electron chi connectivity index (χ0n) is 20.0. The summed E-state index contributed by atoms with van der Waals surface area (Å²) in [5.41, 5.74) is 1.02.